The fraction of sp³-hybridized carbons (Fsp3) is 0.438. The lowest BCUT2D eigenvalue weighted by Gasteiger charge is -2.36. The molecule has 2 atom stereocenters. The lowest BCUT2D eigenvalue weighted by Crippen LogP contribution is -2.38. The number of ether oxygens (including phenoxy) is 1. The van der Waals surface area contributed by atoms with Crippen molar-refractivity contribution < 1.29 is 14.4 Å². The zero-order valence-corrected chi connectivity index (χ0v) is 11.2. The third-order valence-corrected chi connectivity index (χ3v) is 4.47. The second-order valence-corrected chi connectivity index (χ2v) is 5.85. The van der Waals surface area contributed by atoms with Crippen molar-refractivity contribution >= 4 is 0 Å². The molecule has 3 heterocycles. The van der Waals surface area contributed by atoms with Crippen LogP contribution in [0, 0.1) is 0 Å². The van der Waals surface area contributed by atoms with E-state index in [4.69, 9.17) is 9.26 Å². The number of hydrogen-bond acceptors (Lipinski definition) is 4. The predicted octanol–water partition coefficient (Wildman–Crippen LogP) is 2.87. The largest absolute Gasteiger partial charge is 0.385 e. The molecule has 104 valence electrons. The third kappa shape index (κ3) is 1.96. The molecule has 2 unspecified atom stereocenters. The monoisotopic (exact) mass is 271 g/mol. The molecule has 1 aromatic heterocycles. The molecule has 20 heavy (non-hydrogen) atoms. The number of aromatic nitrogens is 1. The Morgan fingerprint density at radius 3 is 2.35 bits per heavy atom. The van der Waals surface area contributed by atoms with Gasteiger partial charge >= 0.3 is 0 Å². The summed E-state index contributed by atoms with van der Waals surface area (Å²) < 4.78 is 11.0. The van der Waals surface area contributed by atoms with E-state index >= 15 is 0 Å². The molecule has 0 spiro atoms. The van der Waals surface area contributed by atoms with Gasteiger partial charge in [-0.05, 0) is 18.4 Å². The van der Waals surface area contributed by atoms with E-state index < -0.39 is 5.60 Å². The highest BCUT2D eigenvalue weighted by Gasteiger charge is 2.44. The highest BCUT2D eigenvalue weighted by atomic mass is 16.5. The first-order valence-electron chi connectivity index (χ1n) is 7.12. The van der Waals surface area contributed by atoms with E-state index in [2.05, 4.69) is 5.16 Å². The van der Waals surface area contributed by atoms with E-state index in [-0.39, 0.29) is 12.2 Å². The summed E-state index contributed by atoms with van der Waals surface area (Å²) in [6.07, 6.45) is 5.61. The molecule has 0 saturated carbocycles. The third-order valence-electron chi connectivity index (χ3n) is 4.47. The maximum absolute atomic E-state index is 10.9. The molecule has 0 aliphatic carbocycles. The van der Waals surface area contributed by atoms with Gasteiger partial charge in [-0.3, -0.25) is 0 Å². The van der Waals surface area contributed by atoms with Gasteiger partial charge < -0.3 is 14.4 Å². The Morgan fingerprint density at radius 2 is 1.75 bits per heavy atom. The first-order valence-corrected chi connectivity index (χ1v) is 7.12. The normalized spacial score (nSPS) is 32.5. The number of fused-ring (bicyclic) bond motifs is 2. The van der Waals surface area contributed by atoms with Crippen molar-refractivity contribution in [3.63, 3.8) is 0 Å². The number of nitrogens with zero attached hydrogens (tertiary/aromatic N) is 1. The second-order valence-electron chi connectivity index (χ2n) is 5.85. The highest BCUT2D eigenvalue weighted by molar-refractivity contribution is 5.57. The topological polar surface area (TPSA) is 55.5 Å². The molecule has 2 aromatic rings. The van der Waals surface area contributed by atoms with Gasteiger partial charge in [-0.25, -0.2) is 0 Å². The quantitative estimate of drug-likeness (QED) is 0.912. The molecule has 0 radical (unpaired) electrons. The Kier molecular flexibility index (Phi) is 2.69. The molecule has 1 N–H and O–H groups in total. The molecule has 2 aliphatic rings. The average Bonchev–Trinajstić information content (AvgIpc) is 3.09. The molecule has 4 rings (SSSR count). The number of rotatable bonds is 2. The van der Waals surface area contributed by atoms with Crippen LogP contribution in [0.15, 0.2) is 41.1 Å². The molecule has 4 nitrogen and oxygen atoms in total. The summed E-state index contributed by atoms with van der Waals surface area (Å²) in [7, 11) is 0. The molecule has 2 aliphatic heterocycles. The van der Waals surface area contributed by atoms with E-state index in [1.807, 2.05) is 30.3 Å². The summed E-state index contributed by atoms with van der Waals surface area (Å²) in [5, 5.41) is 14.6. The molecule has 2 fully saturated rings. The lowest BCUT2D eigenvalue weighted by molar-refractivity contribution is -0.115. The van der Waals surface area contributed by atoms with Crippen LogP contribution in [0.1, 0.15) is 31.2 Å². The van der Waals surface area contributed by atoms with Crippen molar-refractivity contribution in [1.82, 2.24) is 5.16 Å². The van der Waals surface area contributed by atoms with Crippen molar-refractivity contribution in [1.29, 1.82) is 0 Å². The van der Waals surface area contributed by atoms with Gasteiger partial charge in [0, 0.05) is 24.5 Å². The van der Waals surface area contributed by atoms with Crippen LogP contribution in [0.3, 0.4) is 0 Å². The summed E-state index contributed by atoms with van der Waals surface area (Å²) >= 11 is 0. The van der Waals surface area contributed by atoms with Crippen molar-refractivity contribution in [3.05, 3.63) is 42.1 Å². The van der Waals surface area contributed by atoms with Crippen molar-refractivity contribution in [2.24, 2.45) is 0 Å². The van der Waals surface area contributed by atoms with Crippen LogP contribution < -0.4 is 0 Å². The summed E-state index contributed by atoms with van der Waals surface area (Å²) in [4.78, 5) is 0. The molecule has 4 heteroatoms. The Bertz CT molecular complexity index is 579. The zero-order chi connectivity index (χ0) is 13.6. The molecule has 2 bridgehead atoms. The fourth-order valence-electron chi connectivity index (χ4n) is 3.46. The molecular formula is C16H17NO3. The summed E-state index contributed by atoms with van der Waals surface area (Å²) in [5.41, 5.74) is 1.20. The minimum Gasteiger partial charge on any atom is -0.385 e. The van der Waals surface area contributed by atoms with Crippen LogP contribution >= 0.6 is 0 Å². The predicted molar refractivity (Wildman–Crippen MR) is 73.0 cm³/mol. The van der Waals surface area contributed by atoms with Gasteiger partial charge in [-0.2, -0.15) is 0 Å². The van der Waals surface area contributed by atoms with Crippen LogP contribution in [0.4, 0.5) is 0 Å². The van der Waals surface area contributed by atoms with Gasteiger partial charge in [0.05, 0.1) is 24.0 Å². The van der Waals surface area contributed by atoms with Crippen LogP contribution in [-0.2, 0) is 10.3 Å². The first kappa shape index (κ1) is 12.1. The molecule has 2 saturated heterocycles. The standard InChI is InChI=1S/C16H17NO3/c18-16(9-13-5-6-14(10-16)19-13)12-3-1-11(2-4-12)15-7-8-17-20-15/h1-4,7-8,13-14,18H,5-6,9-10H2. The van der Waals surface area contributed by atoms with Crippen LogP contribution in [0.2, 0.25) is 0 Å². The van der Waals surface area contributed by atoms with Crippen molar-refractivity contribution in [3.8, 4) is 11.3 Å². The highest BCUT2D eigenvalue weighted by Crippen LogP contribution is 2.44. The van der Waals surface area contributed by atoms with Gasteiger partial charge in [-0.15, -0.1) is 0 Å². The zero-order valence-electron chi connectivity index (χ0n) is 11.2. The van der Waals surface area contributed by atoms with E-state index in [0.717, 1.165) is 29.7 Å². The molecule has 0 amide bonds. The van der Waals surface area contributed by atoms with E-state index in [9.17, 15) is 5.11 Å². The summed E-state index contributed by atoms with van der Waals surface area (Å²) in [6.45, 7) is 0. The maximum atomic E-state index is 10.9. The Labute approximate surface area is 117 Å². The average molecular weight is 271 g/mol. The minimum absolute atomic E-state index is 0.215. The maximum Gasteiger partial charge on any atom is 0.166 e. The van der Waals surface area contributed by atoms with Crippen molar-refractivity contribution in [2.75, 3.05) is 0 Å². The SMILES string of the molecule is OC1(c2ccc(-c3ccno3)cc2)CC2CCC(C1)O2. The Hall–Kier alpha value is -1.65. The minimum atomic E-state index is -0.746. The van der Waals surface area contributed by atoms with Gasteiger partial charge in [-0.1, -0.05) is 29.4 Å². The Morgan fingerprint density at radius 1 is 1.05 bits per heavy atom. The second kappa shape index (κ2) is 4.43. The Balaban J connectivity index is 1.62. The molecular weight excluding hydrogens is 254 g/mol. The summed E-state index contributed by atoms with van der Waals surface area (Å²) in [5.74, 6) is 0.746. The van der Waals surface area contributed by atoms with Crippen molar-refractivity contribution in [2.45, 2.75) is 43.5 Å². The van der Waals surface area contributed by atoms with Crippen LogP contribution in [-0.4, -0.2) is 22.5 Å². The number of aliphatic hydroxyl groups is 1. The fourth-order valence-corrected chi connectivity index (χ4v) is 3.46. The smallest absolute Gasteiger partial charge is 0.166 e. The van der Waals surface area contributed by atoms with Crippen LogP contribution in [0.5, 0.6) is 0 Å². The molecule has 1 aromatic carbocycles. The first-order chi connectivity index (χ1) is 9.73. The van der Waals surface area contributed by atoms with Gasteiger partial charge in [0.1, 0.15) is 0 Å². The lowest BCUT2D eigenvalue weighted by atomic mass is 9.83. The van der Waals surface area contributed by atoms with E-state index in [1.165, 1.54) is 0 Å². The van der Waals surface area contributed by atoms with E-state index in [1.54, 1.807) is 6.20 Å². The number of benzene rings is 1. The van der Waals surface area contributed by atoms with Gasteiger partial charge in [0.15, 0.2) is 5.76 Å². The van der Waals surface area contributed by atoms with E-state index in [0.29, 0.717) is 12.8 Å². The van der Waals surface area contributed by atoms with Crippen LogP contribution in [0.25, 0.3) is 11.3 Å². The summed E-state index contributed by atoms with van der Waals surface area (Å²) in [6, 6.07) is 9.76. The van der Waals surface area contributed by atoms with Gasteiger partial charge in [0.2, 0.25) is 0 Å². The van der Waals surface area contributed by atoms with Gasteiger partial charge in [0.25, 0.3) is 0 Å². The number of hydrogen-bond donors (Lipinski definition) is 1.